The molecule has 156 valence electrons. The third-order valence-electron chi connectivity index (χ3n) is 5.67. The molecule has 5 heteroatoms. The second kappa shape index (κ2) is 9.11. The Morgan fingerprint density at radius 2 is 1.93 bits per heavy atom. The monoisotopic (exact) mass is 419 g/mol. The van der Waals surface area contributed by atoms with Crippen LogP contribution in [0.3, 0.4) is 0 Å². The molecule has 30 heavy (non-hydrogen) atoms. The summed E-state index contributed by atoms with van der Waals surface area (Å²) in [6.07, 6.45) is 4.01. The van der Waals surface area contributed by atoms with Gasteiger partial charge in [-0.3, -0.25) is 14.7 Å². The summed E-state index contributed by atoms with van der Waals surface area (Å²) in [6, 6.07) is 14.7. The number of carbonyl (C=O) groups excluding carboxylic acids is 1. The molecule has 1 aliphatic heterocycles. The van der Waals surface area contributed by atoms with E-state index in [0.717, 1.165) is 37.2 Å². The van der Waals surface area contributed by atoms with Crippen LogP contribution in [0.15, 0.2) is 47.5 Å². The largest absolute Gasteiger partial charge is 0.325 e. The van der Waals surface area contributed by atoms with Crippen molar-refractivity contribution in [3.05, 3.63) is 53.6 Å². The van der Waals surface area contributed by atoms with Crippen molar-refractivity contribution in [1.29, 1.82) is 0 Å². The van der Waals surface area contributed by atoms with Crippen LogP contribution < -0.4 is 5.32 Å². The Bertz CT molecular complexity index is 1050. The Morgan fingerprint density at radius 3 is 2.67 bits per heavy atom. The highest BCUT2D eigenvalue weighted by Gasteiger charge is 2.22. The maximum absolute atomic E-state index is 13.0. The number of amides is 1. The number of hydrogen-bond donors (Lipinski definition) is 1. The molecule has 0 saturated carbocycles. The predicted molar refractivity (Wildman–Crippen MR) is 129 cm³/mol. The van der Waals surface area contributed by atoms with Gasteiger partial charge in [0, 0.05) is 27.0 Å². The molecule has 0 bridgehead atoms. The molecular formula is C25H29N3OS. The molecule has 0 radical (unpaired) electrons. The SMILES string of the molecule is CCCN(CCC)[C@@H](C)C(=O)Nc1cc2c(c(-c3cc4ccccc4s3)c1)CN=C2. The summed E-state index contributed by atoms with van der Waals surface area (Å²) >= 11 is 1.79. The molecule has 4 rings (SSSR count). The number of anilines is 1. The van der Waals surface area contributed by atoms with Crippen molar-refractivity contribution >= 4 is 39.2 Å². The number of nitrogens with zero attached hydrogens (tertiary/aromatic N) is 2. The zero-order chi connectivity index (χ0) is 21.1. The molecule has 4 nitrogen and oxygen atoms in total. The number of rotatable bonds is 8. The first-order valence-corrected chi connectivity index (χ1v) is 11.6. The molecule has 0 fully saturated rings. The Balaban J connectivity index is 1.64. The third-order valence-corrected chi connectivity index (χ3v) is 6.82. The van der Waals surface area contributed by atoms with Crippen LogP contribution in [-0.2, 0) is 11.3 Å². The molecule has 0 aliphatic carbocycles. The average molecular weight is 420 g/mol. The van der Waals surface area contributed by atoms with Gasteiger partial charge < -0.3 is 5.32 Å². The van der Waals surface area contributed by atoms with Crippen LogP contribution in [0.4, 0.5) is 5.69 Å². The summed E-state index contributed by atoms with van der Waals surface area (Å²) in [6.45, 7) is 8.89. The molecule has 1 aromatic heterocycles. The Labute approximate surface area is 182 Å². The highest BCUT2D eigenvalue weighted by Crippen LogP contribution is 2.39. The smallest absolute Gasteiger partial charge is 0.241 e. The molecule has 1 N–H and O–H groups in total. The fourth-order valence-corrected chi connectivity index (χ4v) is 5.22. The van der Waals surface area contributed by atoms with Crippen LogP contribution in [0.2, 0.25) is 0 Å². The number of fused-ring (bicyclic) bond motifs is 2. The molecule has 3 aromatic rings. The van der Waals surface area contributed by atoms with Gasteiger partial charge in [-0.1, -0.05) is 32.0 Å². The second-order valence-electron chi connectivity index (χ2n) is 7.91. The lowest BCUT2D eigenvalue weighted by molar-refractivity contribution is -0.120. The van der Waals surface area contributed by atoms with Crippen LogP contribution in [0.25, 0.3) is 20.5 Å². The van der Waals surface area contributed by atoms with Crippen molar-refractivity contribution in [3.63, 3.8) is 0 Å². The highest BCUT2D eigenvalue weighted by atomic mass is 32.1. The Morgan fingerprint density at radius 1 is 1.17 bits per heavy atom. The molecule has 1 atom stereocenters. The van der Waals surface area contributed by atoms with Gasteiger partial charge in [0.25, 0.3) is 0 Å². The second-order valence-corrected chi connectivity index (χ2v) is 8.99. The highest BCUT2D eigenvalue weighted by molar-refractivity contribution is 7.22. The minimum Gasteiger partial charge on any atom is -0.325 e. The van der Waals surface area contributed by atoms with Crippen LogP contribution >= 0.6 is 11.3 Å². The Kier molecular flexibility index (Phi) is 6.30. The molecule has 2 heterocycles. The standard InChI is InChI=1S/C25H29N3OS/c1-4-10-28(11-5-2)17(3)25(29)27-20-12-19-15-26-16-22(19)21(14-20)24-13-18-8-6-7-9-23(18)30-24/h6-9,12-15,17H,4-5,10-11,16H2,1-3H3,(H,27,29)/t17-/m0/s1. The van der Waals surface area contributed by atoms with Crippen LogP contribution in [0.1, 0.15) is 44.7 Å². The summed E-state index contributed by atoms with van der Waals surface area (Å²) in [4.78, 5) is 21.0. The fraction of sp³-hybridized carbons (Fsp3) is 0.360. The Hall–Kier alpha value is -2.50. The number of thiophene rings is 1. The minimum absolute atomic E-state index is 0.0501. The van der Waals surface area contributed by atoms with E-state index in [0.29, 0.717) is 6.54 Å². The summed E-state index contributed by atoms with van der Waals surface area (Å²) in [5.74, 6) is 0.0501. The lowest BCUT2D eigenvalue weighted by Crippen LogP contribution is -2.42. The van der Waals surface area contributed by atoms with Crippen molar-refractivity contribution in [2.75, 3.05) is 18.4 Å². The molecular weight excluding hydrogens is 390 g/mol. The van der Waals surface area contributed by atoms with Gasteiger partial charge in [-0.2, -0.15) is 0 Å². The fourth-order valence-electron chi connectivity index (χ4n) is 4.11. The van der Waals surface area contributed by atoms with Gasteiger partial charge in [-0.05, 0) is 73.6 Å². The van der Waals surface area contributed by atoms with E-state index in [1.165, 1.54) is 26.1 Å². The van der Waals surface area contributed by atoms with Crippen LogP contribution in [0, 0.1) is 0 Å². The number of benzene rings is 2. The van der Waals surface area contributed by atoms with Crippen molar-refractivity contribution in [2.45, 2.75) is 46.2 Å². The lowest BCUT2D eigenvalue weighted by atomic mass is 10.00. The molecule has 2 aromatic carbocycles. The number of nitrogens with one attached hydrogen (secondary N) is 1. The molecule has 0 unspecified atom stereocenters. The van der Waals surface area contributed by atoms with Crippen molar-refractivity contribution in [3.8, 4) is 10.4 Å². The maximum Gasteiger partial charge on any atom is 0.241 e. The first kappa shape index (κ1) is 20.8. The van der Waals surface area contributed by atoms with E-state index in [2.05, 4.69) is 71.5 Å². The predicted octanol–water partition coefficient (Wildman–Crippen LogP) is 5.95. The van der Waals surface area contributed by atoms with Crippen molar-refractivity contribution < 1.29 is 4.79 Å². The molecule has 0 spiro atoms. The van der Waals surface area contributed by atoms with Gasteiger partial charge >= 0.3 is 0 Å². The van der Waals surface area contributed by atoms with E-state index in [1.54, 1.807) is 11.3 Å². The first-order valence-electron chi connectivity index (χ1n) is 10.8. The van der Waals surface area contributed by atoms with E-state index in [-0.39, 0.29) is 11.9 Å². The average Bonchev–Trinajstić information content (AvgIpc) is 3.39. The maximum atomic E-state index is 13.0. The van der Waals surface area contributed by atoms with Crippen molar-refractivity contribution in [2.24, 2.45) is 4.99 Å². The van der Waals surface area contributed by atoms with Gasteiger partial charge in [0.15, 0.2) is 0 Å². The molecule has 0 saturated heterocycles. The minimum atomic E-state index is -0.153. The van der Waals surface area contributed by atoms with E-state index in [9.17, 15) is 4.79 Å². The number of carbonyl (C=O) groups is 1. The van der Waals surface area contributed by atoms with Crippen LogP contribution in [0.5, 0.6) is 0 Å². The zero-order valence-electron chi connectivity index (χ0n) is 17.9. The van der Waals surface area contributed by atoms with Gasteiger partial charge in [-0.15, -0.1) is 11.3 Å². The van der Waals surface area contributed by atoms with E-state index in [4.69, 9.17) is 0 Å². The van der Waals surface area contributed by atoms with Gasteiger partial charge in [0.2, 0.25) is 5.91 Å². The summed E-state index contributed by atoms with van der Waals surface area (Å²) in [7, 11) is 0. The van der Waals surface area contributed by atoms with Gasteiger partial charge in [0.05, 0.1) is 12.6 Å². The lowest BCUT2D eigenvalue weighted by Gasteiger charge is -2.27. The molecule has 1 aliphatic rings. The summed E-state index contributed by atoms with van der Waals surface area (Å²) in [5.41, 5.74) is 4.37. The van der Waals surface area contributed by atoms with E-state index >= 15 is 0 Å². The third kappa shape index (κ3) is 4.18. The number of aliphatic imine (C=N–C) groups is 1. The molecule has 1 amide bonds. The zero-order valence-corrected chi connectivity index (χ0v) is 18.8. The number of hydrogen-bond acceptors (Lipinski definition) is 4. The quantitative estimate of drug-likeness (QED) is 0.490. The summed E-state index contributed by atoms with van der Waals surface area (Å²) in [5, 5.41) is 4.43. The topological polar surface area (TPSA) is 44.7 Å². The van der Waals surface area contributed by atoms with E-state index in [1.807, 2.05) is 13.1 Å². The van der Waals surface area contributed by atoms with Gasteiger partial charge in [0.1, 0.15) is 0 Å². The summed E-state index contributed by atoms with van der Waals surface area (Å²) < 4.78 is 1.28. The van der Waals surface area contributed by atoms with E-state index < -0.39 is 0 Å². The van der Waals surface area contributed by atoms with Crippen LogP contribution in [-0.4, -0.2) is 36.2 Å². The first-order chi connectivity index (χ1) is 14.6. The van der Waals surface area contributed by atoms with Crippen molar-refractivity contribution in [1.82, 2.24) is 4.90 Å². The van der Waals surface area contributed by atoms with Gasteiger partial charge in [-0.25, -0.2) is 0 Å². The normalized spacial score (nSPS) is 13.7.